The van der Waals surface area contributed by atoms with Crippen LogP contribution in [-0.2, 0) is 5.41 Å². The molecule has 5 heteroatoms. The van der Waals surface area contributed by atoms with Crippen LogP contribution >= 0.6 is 0 Å². The molecule has 0 aromatic heterocycles. The molecule has 5 N–H and O–H groups in total. The minimum Gasteiger partial charge on any atom is -0.508 e. The summed E-state index contributed by atoms with van der Waals surface area (Å²) >= 11 is 0. The summed E-state index contributed by atoms with van der Waals surface area (Å²) in [5.41, 5.74) is 7.36. The van der Waals surface area contributed by atoms with Crippen LogP contribution in [0.5, 0.6) is 11.5 Å². The van der Waals surface area contributed by atoms with E-state index in [1.807, 2.05) is 30.3 Å². The molecule has 0 saturated heterocycles. The first-order chi connectivity index (χ1) is 12.1. The van der Waals surface area contributed by atoms with E-state index < -0.39 is 5.41 Å². The first kappa shape index (κ1) is 16.4. The summed E-state index contributed by atoms with van der Waals surface area (Å²) in [4.78, 5) is 0. The summed E-state index contributed by atoms with van der Waals surface area (Å²) in [5, 5.41) is 32.1. The van der Waals surface area contributed by atoms with E-state index in [4.69, 9.17) is 5.73 Å². The van der Waals surface area contributed by atoms with Crippen molar-refractivity contribution in [3.8, 4) is 11.5 Å². The number of aromatic hydroxyl groups is 2. The number of nitrogens with zero attached hydrogens (tertiary/aromatic N) is 1. The molecule has 3 rings (SSSR count). The lowest BCUT2D eigenvalue weighted by molar-refractivity contribution is 0.314. The second kappa shape index (κ2) is 6.57. The molecule has 0 amide bonds. The number of phenols is 2. The summed E-state index contributed by atoms with van der Waals surface area (Å²) in [7, 11) is 0. The van der Waals surface area contributed by atoms with E-state index in [0.717, 1.165) is 16.7 Å². The number of nitrogens with two attached hydrogens (primary N) is 1. The quantitative estimate of drug-likeness (QED) is 0.194. The van der Waals surface area contributed by atoms with E-state index in [1.54, 1.807) is 48.5 Å². The van der Waals surface area contributed by atoms with Crippen LogP contribution in [0.4, 0.5) is 0 Å². The van der Waals surface area contributed by atoms with Gasteiger partial charge >= 0.3 is 0 Å². The van der Waals surface area contributed by atoms with Crippen molar-refractivity contribution < 1.29 is 15.4 Å². The Bertz CT molecular complexity index is 828. The number of oxime groups is 1. The van der Waals surface area contributed by atoms with Crippen LogP contribution in [0, 0.1) is 0 Å². The number of phenolic OH excluding ortho intramolecular Hbond substituents is 2. The van der Waals surface area contributed by atoms with Gasteiger partial charge in [-0.15, -0.1) is 0 Å². The minimum absolute atomic E-state index is 0.0184. The molecule has 25 heavy (non-hydrogen) atoms. The van der Waals surface area contributed by atoms with E-state index in [1.165, 1.54) is 0 Å². The van der Waals surface area contributed by atoms with Gasteiger partial charge in [0, 0.05) is 0 Å². The van der Waals surface area contributed by atoms with E-state index in [-0.39, 0.29) is 17.3 Å². The monoisotopic (exact) mass is 334 g/mol. The molecule has 126 valence electrons. The Morgan fingerprint density at radius 2 is 1.08 bits per heavy atom. The first-order valence-electron chi connectivity index (χ1n) is 7.71. The second-order valence-corrected chi connectivity index (χ2v) is 5.70. The zero-order valence-corrected chi connectivity index (χ0v) is 13.4. The standard InChI is InChI=1S/C20H18N2O3/c21-19(22-25)20(14-4-2-1-3-5-14,15-6-10-17(23)11-7-15)16-8-12-18(24)13-9-16/h1-13,23-25H,(H2,21,22). The van der Waals surface area contributed by atoms with Crippen molar-refractivity contribution in [2.24, 2.45) is 10.9 Å². The molecule has 3 aromatic carbocycles. The summed E-state index contributed by atoms with van der Waals surface area (Å²) < 4.78 is 0. The van der Waals surface area contributed by atoms with Crippen LogP contribution in [0.3, 0.4) is 0 Å². The van der Waals surface area contributed by atoms with Gasteiger partial charge in [-0.1, -0.05) is 59.8 Å². The SMILES string of the molecule is N/C(=N\O)C(c1ccccc1)(c1ccc(O)cc1)c1ccc(O)cc1. The fraction of sp³-hybridized carbons (Fsp3) is 0.0500. The number of hydrogen-bond donors (Lipinski definition) is 4. The summed E-state index contributed by atoms with van der Waals surface area (Å²) in [6.07, 6.45) is 0. The zero-order chi connectivity index (χ0) is 17.9. The highest BCUT2D eigenvalue weighted by Gasteiger charge is 2.41. The molecule has 0 aliphatic rings. The van der Waals surface area contributed by atoms with Crippen molar-refractivity contribution in [3.63, 3.8) is 0 Å². The normalized spacial score (nSPS) is 12.1. The lowest BCUT2D eigenvalue weighted by atomic mass is 9.68. The maximum absolute atomic E-state index is 9.65. The predicted molar refractivity (Wildman–Crippen MR) is 95.9 cm³/mol. The van der Waals surface area contributed by atoms with Gasteiger partial charge in [0.2, 0.25) is 0 Å². The van der Waals surface area contributed by atoms with Crippen LogP contribution in [0.15, 0.2) is 84.0 Å². The van der Waals surface area contributed by atoms with Crippen LogP contribution < -0.4 is 5.73 Å². The van der Waals surface area contributed by atoms with Crippen molar-refractivity contribution >= 4 is 5.84 Å². The average molecular weight is 334 g/mol. The highest BCUT2D eigenvalue weighted by molar-refractivity contribution is 5.98. The minimum atomic E-state index is -1.07. The van der Waals surface area contributed by atoms with Crippen LogP contribution in [-0.4, -0.2) is 21.3 Å². The largest absolute Gasteiger partial charge is 0.508 e. The molecule has 0 aliphatic heterocycles. The third-order valence-electron chi connectivity index (χ3n) is 4.30. The van der Waals surface area contributed by atoms with Crippen LogP contribution in [0.2, 0.25) is 0 Å². The van der Waals surface area contributed by atoms with Gasteiger partial charge in [0.05, 0.1) is 0 Å². The van der Waals surface area contributed by atoms with Gasteiger partial charge in [0.15, 0.2) is 5.84 Å². The maximum Gasteiger partial charge on any atom is 0.158 e. The number of rotatable bonds is 4. The Morgan fingerprint density at radius 3 is 1.48 bits per heavy atom. The molecule has 5 nitrogen and oxygen atoms in total. The van der Waals surface area contributed by atoms with Crippen molar-refractivity contribution in [1.82, 2.24) is 0 Å². The van der Waals surface area contributed by atoms with Gasteiger partial charge in [-0.25, -0.2) is 0 Å². The average Bonchev–Trinajstić information content (AvgIpc) is 2.65. The van der Waals surface area contributed by atoms with Crippen molar-refractivity contribution in [3.05, 3.63) is 95.6 Å². The molecule has 0 heterocycles. The van der Waals surface area contributed by atoms with Gasteiger partial charge in [-0.3, -0.25) is 0 Å². The van der Waals surface area contributed by atoms with Gasteiger partial charge < -0.3 is 21.2 Å². The molecule has 0 saturated carbocycles. The van der Waals surface area contributed by atoms with Crippen LogP contribution in [0.25, 0.3) is 0 Å². The van der Waals surface area contributed by atoms with Crippen molar-refractivity contribution in [2.45, 2.75) is 5.41 Å². The van der Waals surface area contributed by atoms with Crippen molar-refractivity contribution in [1.29, 1.82) is 0 Å². The van der Waals surface area contributed by atoms with E-state index >= 15 is 0 Å². The van der Waals surface area contributed by atoms with E-state index in [9.17, 15) is 15.4 Å². The number of hydrogen-bond acceptors (Lipinski definition) is 4. The molecule has 3 aromatic rings. The third kappa shape index (κ3) is 2.76. The van der Waals surface area contributed by atoms with Gasteiger partial charge in [0.25, 0.3) is 0 Å². The fourth-order valence-electron chi connectivity index (χ4n) is 3.13. The van der Waals surface area contributed by atoms with Gasteiger partial charge in [-0.2, -0.15) is 0 Å². The summed E-state index contributed by atoms with van der Waals surface area (Å²) in [5.74, 6) is 0.224. The Hall–Kier alpha value is -3.47. The third-order valence-corrected chi connectivity index (χ3v) is 4.30. The van der Waals surface area contributed by atoms with Crippen LogP contribution in [0.1, 0.15) is 16.7 Å². The topological polar surface area (TPSA) is 99.1 Å². The first-order valence-corrected chi connectivity index (χ1v) is 7.71. The Labute approximate surface area is 145 Å². The molecule has 0 spiro atoms. The zero-order valence-electron chi connectivity index (χ0n) is 13.4. The van der Waals surface area contributed by atoms with Crippen molar-refractivity contribution in [2.75, 3.05) is 0 Å². The highest BCUT2D eigenvalue weighted by Crippen LogP contribution is 2.40. The van der Waals surface area contributed by atoms with Gasteiger partial charge in [0.1, 0.15) is 16.9 Å². The molecular weight excluding hydrogens is 316 g/mol. The van der Waals surface area contributed by atoms with E-state index in [0.29, 0.717) is 0 Å². The fourth-order valence-corrected chi connectivity index (χ4v) is 3.13. The number of amidine groups is 1. The Balaban J connectivity index is 2.39. The highest BCUT2D eigenvalue weighted by atomic mass is 16.4. The lowest BCUT2D eigenvalue weighted by Gasteiger charge is -2.34. The molecule has 0 atom stereocenters. The smallest absolute Gasteiger partial charge is 0.158 e. The second-order valence-electron chi connectivity index (χ2n) is 5.70. The Morgan fingerprint density at radius 1 is 0.680 bits per heavy atom. The van der Waals surface area contributed by atoms with Gasteiger partial charge in [-0.05, 0) is 41.0 Å². The molecule has 0 aliphatic carbocycles. The molecule has 0 radical (unpaired) electrons. The summed E-state index contributed by atoms with van der Waals surface area (Å²) in [6, 6.07) is 22.5. The van der Waals surface area contributed by atoms with E-state index in [2.05, 4.69) is 5.16 Å². The predicted octanol–water partition coefficient (Wildman–Crippen LogP) is 3.18. The molecule has 0 fully saturated rings. The Kier molecular flexibility index (Phi) is 4.31. The summed E-state index contributed by atoms with van der Waals surface area (Å²) in [6.45, 7) is 0. The molecule has 0 unspecified atom stereocenters. The molecular formula is C20H18N2O3. The lowest BCUT2D eigenvalue weighted by Crippen LogP contribution is -2.43. The maximum atomic E-state index is 9.65. The molecule has 0 bridgehead atoms. The number of benzene rings is 3.